The second kappa shape index (κ2) is 4.36. The van der Waals surface area contributed by atoms with E-state index >= 15 is 0 Å². The maximum absolute atomic E-state index is 11.9. The van der Waals surface area contributed by atoms with Crippen LogP contribution in [0.3, 0.4) is 0 Å². The van der Waals surface area contributed by atoms with Crippen LogP contribution in [-0.4, -0.2) is 22.6 Å². The Labute approximate surface area is 96.0 Å². The van der Waals surface area contributed by atoms with Gasteiger partial charge in [0, 0.05) is 10.8 Å². The van der Waals surface area contributed by atoms with Crippen LogP contribution in [0.25, 0.3) is 0 Å². The van der Waals surface area contributed by atoms with Gasteiger partial charge in [0.2, 0.25) is 0 Å². The third-order valence-electron chi connectivity index (χ3n) is 2.25. The largest absolute Gasteiger partial charge is 0.480 e. The summed E-state index contributed by atoms with van der Waals surface area (Å²) in [6.45, 7) is 9.67. The fraction of sp³-hybridized carbons (Fsp3) is 0.750. The van der Waals surface area contributed by atoms with Crippen molar-refractivity contribution >= 4 is 17.5 Å². The van der Waals surface area contributed by atoms with Crippen molar-refractivity contribution in [1.82, 2.24) is 0 Å². The zero-order valence-electron chi connectivity index (χ0n) is 10.7. The molecule has 0 aromatic carbocycles. The van der Waals surface area contributed by atoms with Crippen LogP contribution in [0.2, 0.25) is 0 Å². The third-order valence-corrected chi connectivity index (χ3v) is 2.25. The van der Waals surface area contributed by atoms with Gasteiger partial charge in [-0.25, -0.2) is 0 Å². The van der Waals surface area contributed by atoms with Gasteiger partial charge in [0.05, 0.1) is 0 Å². The van der Waals surface area contributed by atoms with Crippen LogP contribution in [0, 0.1) is 16.7 Å². The van der Waals surface area contributed by atoms with Gasteiger partial charge < -0.3 is 5.11 Å². The molecule has 0 saturated heterocycles. The lowest BCUT2D eigenvalue weighted by Gasteiger charge is -2.26. The van der Waals surface area contributed by atoms with Crippen molar-refractivity contribution in [3.05, 3.63) is 0 Å². The zero-order chi connectivity index (χ0) is 13.3. The van der Waals surface area contributed by atoms with E-state index in [1.807, 2.05) is 0 Å². The number of hydrogen-bond donors (Lipinski definition) is 1. The van der Waals surface area contributed by atoms with E-state index in [0.717, 1.165) is 0 Å². The standard InChI is InChI=1S/C12H20O4/c1-11(2,3)8(13)7(10(15)16)9(14)12(4,5)6/h7H,1-6H3,(H,15,16). The molecule has 0 aliphatic rings. The summed E-state index contributed by atoms with van der Waals surface area (Å²) in [7, 11) is 0. The Hall–Kier alpha value is -1.19. The summed E-state index contributed by atoms with van der Waals surface area (Å²) < 4.78 is 0. The molecule has 92 valence electrons. The summed E-state index contributed by atoms with van der Waals surface area (Å²) in [6.07, 6.45) is 0. The monoisotopic (exact) mass is 228 g/mol. The number of carbonyl (C=O) groups is 3. The number of ketones is 2. The molecule has 0 heterocycles. The van der Waals surface area contributed by atoms with Crippen molar-refractivity contribution < 1.29 is 19.5 Å². The number of Topliss-reactive ketones (excluding diaryl/α,β-unsaturated/α-hetero) is 2. The minimum Gasteiger partial charge on any atom is -0.480 e. The zero-order valence-corrected chi connectivity index (χ0v) is 10.7. The maximum atomic E-state index is 11.9. The fourth-order valence-electron chi connectivity index (χ4n) is 1.21. The highest BCUT2D eigenvalue weighted by Gasteiger charge is 2.43. The molecule has 0 unspecified atom stereocenters. The van der Waals surface area contributed by atoms with E-state index in [4.69, 9.17) is 5.11 Å². The SMILES string of the molecule is CC(C)(C)C(=O)C(C(=O)O)C(=O)C(C)(C)C. The predicted octanol–water partition coefficient (Wildman–Crippen LogP) is 1.92. The lowest BCUT2D eigenvalue weighted by molar-refractivity contribution is -0.155. The number of carbonyl (C=O) groups excluding carboxylic acids is 2. The minimum absolute atomic E-state index is 0.542. The van der Waals surface area contributed by atoms with Gasteiger partial charge in [0.15, 0.2) is 17.5 Å². The van der Waals surface area contributed by atoms with Gasteiger partial charge in [0.25, 0.3) is 0 Å². The third kappa shape index (κ3) is 3.43. The van der Waals surface area contributed by atoms with Crippen LogP contribution in [0.5, 0.6) is 0 Å². The van der Waals surface area contributed by atoms with Crippen LogP contribution in [0.4, 0.5) is 0 Å². The average molecular weight is 228 g/mol. The summed E-state index contributed by atoms with van der Waals surface area (Å²) in [6, 6.07) is 0. The molecule has 0 bridgehead atoms. The number of aliphatic carboxylic acids is 1. The molecule has 0 aliphatic carbocycles. The fourth-order valence-corrected chi connectivity index (χ4v) is 1.21. The Kier molecular flexibility index (Phi) is 4.03. The molecular formula is C12H20O4. The molecule has 0 radical (unpaired) electrons. The highest BCUT2D eigenvalue weighted by molar-refractivity contribution is 6.19. The van der Waals surface area contributed by atoms with E-state index in [1.165, 1.54) is 0 Å². The molecule has 1 N–H and O–H groups in total. The normalized spacial score (nSPS) is 12.7. The topological polar surface area (TPSA) is 71.4 Å². The average Bonchev–Trinajstić information content (AvgIpc) is 1.99. The van der Waals surface area contributed by atoms with Crippen molar-refractivity contribution in [1.29, 1.82) is 0 Å². The molecular weight excluding hydrogens is 208 g/mol. The van der Waals surface area contributed by atoms with Crippen molar-refractivity contribution in [2.75, 3.05) is 0 Å². The number of carboxylic acid groups (broad SMARTS) is 1. The summed E-state index contributed by atoms with van der Waals surface area (Å²) in [5.74, 6) is -4.00. The molecule has 0 fully saturated rings. The molecule has 0 aliphatic heterocycles. The first kappa shape index (κ1) is 14.8. The van der Waals surface area contributed by atoms with Gasteiger partial charge in [-0.1, -0.05) is 41.5 Å². The van der Waals surface area contributed by atoms with Gasteiger partial charge in [-0.15, -0.1) is 0 Å². The van der Waals surface area contributed by atoms with Crippen LogP contribution in [-0.2, 0) is 14.4 Å². The molecule has 16 heavy (non-hydrogen) atoms. The van der Waals surface area contributed by atoms with E-state index in [0.29, 0.717) is 0 Å². The van der Waals surface area contributed by atoms with Crippen LogP contribution in [0.1, 0.15) is 41.5 Å². The molecule has 0 saturated carbocycles. The first-order valence-electron chi connectivity index (χ1n) is 5.20. The van der Waals surface area contributed by atoms with Crippen molar-refractivity contribution in [2.45, 2.75) is 41.5 Å². The first-order valence-corrected chi connectivity index (χ1v) is 5.20. The molecule has 4 nitrogen and oxygen atoms in total. The Morgan fingerprint density at radius 3 is 1.19 bits per heavy atom. The highest BCUT2D eigenvalue weighted by Crippen LogP contribution is 2.27. The minimum atomic E-state index is -1.56. The summed E-state index contributed by atoms with van der Waals surface area (Å²) in [4.78, 5) is 34.8. The molecule has 0 aromatic heterocycles. The lowest BCUT2D eigenvalue weighted by atomic mass is 9.75. The summed E-state index contributed by atoms with van der Waals surface area (Å²) in [5.41, 5.74) is -1.66. The number of rotatable bonds is 3. The maximum Gasteiger partial charge on any atom is 0.321 e. The molecule has 0 aromatic rings. The van der Waals surface area contributed by atoms with Gasteiger partial charge in [0.1, 0.15) is 0 Å². The van der Waals surface area contributed by atoms with Crippen molar-refractivity contribution in [3.8, 4) is 0 Å². The van der Waals surface area contributed by atoms with Gasteiger partial charge in [-0.2, -0.15) is 0 Å². The van der Waals surface area contributed by atoms with E-state index < -0.39 is 34.3 Å². The Morgan fingerprint density at radius 2 is 1.06 bits per heavy atom. The van der Waals surface area contributed by atoms with Crippen molar-refractivity contribution in [3.63, 3.8) is 0 Å². The smallest absolute Gasteiger partial charge is 0.321 e. The number of carboxylic acids is 1. The molecule has 0 rings (SSSR count). The van der Waals surface area contributed by atoms with Crippen LogP contribution < -0.4 is 0 Å². The van der Waals surface area contributed by atoms with Gasteiger partial charge in [-0.3, -0.25) is 14.4 Å². The first-order chi connectivity index (χ1) is 6.89. The van der Waals surface area contributed by atoms with E-state index in [2.05, 4.69) is 0 Å². The molecule has 0 spiro atoms. The van der Waals surface area contributed by atoms with Crippen LogP contribution >= 0.6 is 0 Å². The second-order valence-corrected chi connectivity index (χ2v) is 6.00. The molecule has 0 amide bonds. The quantitative estimate of drug-likeness (QED) is 0.749. The van der Waals surface area contributed by atoms with E-state index in [1.54, 1.807) is 41.5 Å². The van der Waals surface area contributed by atoms with E-state index in [9.17, 15) is 14.4 Å². The van der Waals surface area contributed by atoms with E-state index in [-0.39, 0.29) is 0 Å². The second-order valence-electron chi connectivity index (χ2n) is 6.00. The predicted molar refractivity (Wildman–Crippen MR) is 60.0 cm³/mol. The van der Waals surface area contributed by atoms with Crippen LogP contribution in [0.15, 0.2) is 0 Å². The Morgan fingerprint density at radius 1 is 0.812 bits per heavy atom. The lowest BCUT2D eigenvalue weighted by Crippen LogP contribution is -2.43. The van der Waals surface area contributed by atoms with Gasteiger partial charge in [-0.05, 0) is 0 Å². The Balaban J connectivity index is 5.29. The van der Waals surface area contributed by atoms with Gasteiger partial charge >= 0.3 is 5.97 Å². The molecule has 0 atom stereocenters. The molecule has 4 heteroatoms. The number of hydrogen-bond acceptors (Lipinski definition) is 3. The summed E-state index contributed by atoms with van der Waals surface area (Å²) in [5, 5.41) is 9.00. The Bertz CT molecular complexity index is 289. The highest BCUT2D eigenvalue weighted by atomic mass is 16.4. The van der Waals surface area contributed by atoms with Crippen molar-refractivity contribution in [2.24, 2.45) is 16.7 Å². The summed E-state index contributed by atoms with van der Waals surface area (Å²) >= 11 is 0.